The standard InChI is InChI=1S/C27H22N2O3/c30-26(29-23-10-9-22-16-28-12-11-19(22)14-23)25-15-24(25)20-7-4-8-21(13-20)27(31)32-17-18-5-2-1-3-6-18/h1-14,16,24-25H,15,17H2,(H,29,30). The Hall–Kier alpha value is -3.99. The van der Waals surface area contributed by atoms with E-state index in [2.05, 4.69) is 10.3 Å². The van der Waals surface area contributed by atoms with Crippen LogP contribution in [0.4, 0.5) is 5.69 Å². The Bertz CT molecular complexity index is 1290. The van der Waals surface area contributed by atoms with Crippen LogP contribution < -0.4 is 5.32 Å². The Morgan fingerprint density at radius 1 is 0.938 bits per heavy atom. The lowest BCUT2D eigenvalue weighted by Crippen LogP contribution is -2.14. The van der Waals surface area contributed by atoms with Gasteiger partial charge in [-0.1, -0.05) is 48.5 Å². The van der Waals surface area contributed by atoms with Crippen molar-refractivity contribution in [3.63, 3.8) is 0 Å². The van der Waals surface area contributed by atoms with E-state index in [0.717, 1.165) is 34.0 Å². The number of amides is 1. The molecule has 3 aromatic carbocycles. The molecule has 1 N–H and O–H groups in total. The predicted molar refractivity (Wildman–Crippen MR) is 123 cm³/mol. The number of nitrogens with one attached hydrogen (secondary N) is 1. The average molecular weight is 422 g/mol. The molecule has 5 heteroatoms. The van der Waals surface area contributed by atoms with Crippen LogP contribution in [0, 0.1) is 5.92 Å². The Labute approximate surface area is 186 Å². The molecule has 1 aliphatic rings. The van der Waals surface area contributed by atoms with Gasteiger partial charge in [0.15, 0.2) is 0 Å². The Morgan fingerprint density at radius 2 is 1.81 bits per heavy atom. The fraction of sp³-hybridized carbons (Fsp3) is 0.148. The van der Waals surface area contributed by atoms with Gasteiger partial charge in [-0.15, -0.1) is 0 Å². The van der Waals surface area contributed by atoms with E-state index in [0.29, 0.717) is 5.56 Å². The molecule has 1 saturated carbocycles. The number of hydrogen-bond donors (Lipinski definition) is 1. The summed E-state index contributed by atoms with van der Waals surface area (Å²) in [6.45, 7) is 0.236. The first-order valence-electron chi connectivity index (χ1n) is 10.6. The fourth-order valence-electron chi connectivity index (χ4n) is 3.95. The number of carbonyl (C=O) groups is 2. The zero-order chi connectivity index (χ0) is 21.9. The molecule has 4 aromatic rings. The van der Waals surface area contributed by atoms with Gasteiger partial charge in [0.1, 0.15) is 6.61 Å². The molecule has 1 fully saturated rings. The van der Waals surface area contributed by atoms with E-state index in [1.165, 1.54) is 0 Å². The van der Waals surface area contributed by atoms with Crippen molar-refractivity contribution in [1.82, 2.24) is 4.98 Å². The highest BCUT2D eigenvalue weighted by Gasteiger charge is 2.44. The predicted octanol–water partition coefficient (Wildman–Crippen LogP) is 5.33. The number of pyridine rings is 1. The number of benzene rings is 3. The van der Waals surface area contributed by atoms with Crippen LogP contribution >= 0.6 is 0 Å². The minimum atomic E-state index is -0.358. The minimum absolute atomic E-state index is 0.000429. The Balaban J connectivity index is 1.21. The van der Waals surface area contributed by atoms with Crippen LogP contribution in [0.3, 0.4) is 0 Å². The molecule has 1 amide bonds. The van der Waals surface area contributed by atoms with E-state index in [4.69, 9.17) is 4.74 Å². The zero-order valence-electron chi connectivity index (χ0n) is 17.4. The zero-order valence-corrected chi connectivity index (χ0v) is 17.4. The Morgan fingerprint density at radius 3 is 2.69 bits per heavy atom. The Kier molecular flexibility index (Phi) is 5.38. The molecular weight excluding hydrogens is 400 g/mol. The first kappa shape index (κ1) is 19.9. The van der Waals surface area contributed by atoms with Gasteiger partial charge >= 0.3 is 5.97 Å². The van der Waals surface area contributed by atoms with Crippen LogP contribution in [-0.2, 0) is 16.1 Å². The second-order valence-electron chi connectivity index (χ2n) is 8.06. The second-order valence-corrected chi connectivity index (χ2v) is 8.06. The molecule has 2 unspecified atom stereocenters. The quantitative estimate of drug-likeness (QED) is 0.426. The van der Waals surface area contributed by atoms with Gasteiger partial charge in [-0.05, 0) is 59.2 Å². The van der Waals surface area contributed by atoms with Crippen LogP contribution in [0.5, 0.6) is 0 Å². The van der Waals surface area contributed by atoms with Crippen LogP contribution in [0.2, 0.25) is 0 Å². The van der Waals surface area contributed by atoms with Crippen LogP contribution in [-0.4, -0.2) is 16.9 Å². The molecule has 5 rings (SSSR count). The summed E-state index contributed by atoms with van der Waals surface area (Å²) in [6, 6.07) is 24.7. The number of aromatic nitrogens is 1. The number of rotatable bonds is 6. The highest BCUT2D eigenvalue weighted by atomic mass is 16.5. The number of anilines is 1. The molecule has 0 radical (unpaired) electrons. The van der Waals surface area contributed by atoms with Gasteiger partial charge < -0.3 is 10.1 Å². The SMILES string of the molecule is O=C(OCc1ccccc1)c1cccc(C2CC2C(=O)Nc2ccc3cnccc3c2)c1. The second kappa shape index (κ2) is 8.63. The van der Waals surface area contributed by atoms with Crippen molar-refractivity contribution < 1.29 is 14.3 Å². The molecule has 1 aliphatic carbocycles. The first-order valence-corrected chi connectivity index (χ1v) is 10.6. The summed E-state index contributed by atoms with van der Waals surface area (Å²) >= 11 is 0. The number of esters is 1. The van der Waals surface area contributed by atoms with Crippen molar-refractivity contribution >= 4 is 28.3 Å². The number of hydrogen-bond acceptors (Lipinski definition) is 4. The smallest absolute Gasteiger partial charge is 0.338 e. The molecular formula is C27H22N2O3. The van der Waals surface area contributed by atoms with Gasteiger partial charge in [-0.3, -0.25) is 9.78 Å². The van der Waals surface area contributed by atoms with Crippen molar-refractivity contribution in [2.45, 2.75) is 18.9 Å². The third-order valence-electron chi connectivity index (χ3n) is 5.80. The summed E-state index contributed by atoms with van der Waals surface area (Å²) in [5, 5.41) is 5.09. The summed E-state index contributed by atoms with van der Waals surface area (Å²) in [6.07, 6.45) is 4.31. The van der Waals surface area contributed by atoms with E-state index in [1.807, 2.05) is 72.8 Å². The van der Waals surface area contributed by atoms with E-state index >= 15 is 0 Å². The van der Waals surface area contributed by atoms with Crippen LogP contribution in [0.25, 0.3) is 10.8 Å². The minimum Gasteiger partial charge on any atom is -0.457 e. The molecule has 1 heterocycles. The molecule has 0 spiro atoms. The fourth-order valence-corrected chi connectivity index (χ4v) is 3.95. The van der Waals surface area contributed by atoms with Crippen molar-refractivity contribution in [3.8, 4) is 0 Å². The molecule has 5 nitrogen and oxygen atoms in total. The van der Waals surface area contributed by atoms with Gasteiger partial charge in [0, 0.05) is 29.4 Å². The van der Waals surface area contributed by atoms with Gasteiger partial charge in [0.25, 0.3) is 0 Å². The highest BCUT2D eigenvalue weighted by Crippen LogP contribution is 2.48. The average Bonchev–Trinajstić information content (AvgIpc) is 3.65. The normalized spacial score (nSPS) is 17.0. The van der Waals surface area contributed by atoms with E-state index in [9.17, 15) is 9.59 Å². The van der Waals surface area contributed by atoms with Gasteiger partial charge in [-0.2, -0.15) is 0 Å². The van der Waals surface area contributed by atoms with Crippen molar-refractivity contribution in [2.24, 2.45) is 5.92 Å². The lowest BCUT2D eigenvalue weighted by molar-refractivity contribution is -0.117. The summed E-state index contributed by atoms with van der Waals surface area (Å²) in [7, 11) is 0. The number of nitrogens with zero attached hydrogens (tertiary/aromatic N) is 1. The van der Waals surface area contributed by atoms with Crippen molar-refractivity contribution in [1.29, 1.82) is 0 Å². The number of carbonyl (C=O) groups excluding carboxylic acids is 2. The third-order valence-corrected chi connectivity index (χ3v) is 5.80. The molecule has 0 saturated heterocycles. The monoisotopic (exact) mass is 422 g/mol. The molecule has 32 heavy (non-hydrogen) atoms. The van der Waals surface area contributed by atoms with Gasteiger partial charge in [-0.25, -0.2) is 4.79 Å². The van der Waals surface area contributed by atoms with Crippen LogP contribution in [0.1, 0.15) is 33.8 Å². The van der Waals surface area contributed by atoms with Crippen molar-refractivity contribution in [3.05, 3.63) is 108 Å². The van der Waals surface area contributed by atoms with E-state index in [-0.39, 0.29) is 30.3 Å². The lowest BCUT2D eigenvalue weighted by atomic mass is 10.1. The summed E-state index contributed by atoms with van der Waals surface area (Å²) in [5.41, 5.74) is 3.22. The molecule has 0 bridgehead atoms. The lowest BCUT2D eigenvalue weighted by Gasteiger charge is -2.08. The summed E-state index contributed by atoms with van der Waals surface area (Å²) in [4.78, 5) is 29.3. The maximum Gasteiger partial charge on any atom is 0.338 e. The summed E-state index contributed by atoms with van der Waals surface area (Å²) < 4.78 is 5.44. The number of fused-ring (bicyclic) bond motifs is 1. The highest BCUT2D eigenvalue weighted by molar-refractivity contribution is 5.97. The summed E-state index contributed by atoms with van der Waals surface area (Å²) in [5.74, 6) is -0.344. The molecule has 2 atom stereocenters. The topological polar surface area (TPSA) is 68.3 Å². The molecule has 1 aromatic heterocycles. The van der Waals surface area contributed by atoms with Gasteiger partial charge in [0.05, 0.1) is 5.56 Å². The van der Waals surface area contributed by atoms with E-state index in [1.54, 1.807) is 18.5 Å². The number of ether oxygens (including phenoxy) is 1. The van der Waals surface area contributed by atoms with Gasteiger partial charge in [0.2, 0.25) is 5.91 Å². The first-order chi connectivity index (χ1) is 15.7. The maximum absolute atomic E-state index is 12.8. The maximum atomic E-state index is 12.8. The van der Waals surface area contributed by atoms with Crippen molar-refractivity contribution in [2.75, 3.05) is 5.32 Å². The van der Waals surface area contributed by atoms with Crippen LogP contribution in [0.15, 0.2) is 91.3 Å². The molecule has 158 valence electrons. The molecule has 0 aliphatic heterocycles. The van der Waals surface area contributed by atoms with E-state index < -0.39 is 0 Å². The third kappa shape index (κ3) is 4.37. The largest absolute Gasteiger partial charge is 0.457 e.